The fraction of sp³-hybridized carbons (Fsp3) is 0.571. The Bertz CT molecular complexity index is 405. The van der Waals surface area contributed by atoms with Crippen LogP contribution in [-0.4, -0.2) is 26.8 Å². The third kappa shape index (κ3) is 2.25. The van der Waals surface area contributed by atoms with Gasteiger partial charge in [0.15, 0.2) is 11.5 Å². The third-order valence-electron chi connectivity index (χ3n) is 3.59. The van der Waals surface area contributed by atoms with Gasteiger partial charge in [0.1, 0.15) is 0 Å². The molecule has 1 aliphatic carbocycles. The number of nitrogens with one attached hydrogen (secondary N) is 1. The summed E-state index contributed by atoms with van der Waals surface area (Å²) in [6.07, 6.45) is 2.26. The molecule has 3 rings (SSSR count). The molecule has 0 saturated heterocycles. The minimum Gasteiger partial charge on any atom is -0.490 e. The van der Waals surface area contributed by atoms with Crippen LogP contribution < -0.4 is 14.8 Å². The molecule has 3 nitrogen and oxygen atoms in total. The van der Waals surface area contributed by atoms with Crippen molar-refractivity contribution in [2.45, 2.75) is 18.8 Å². The summed E-state index contributed by atoms with van der Waals surface area (Å²) in [4.78, 5) is 0. The molecule has 1 fully saturated rings. The molecule has 1 saturated carbocycles. The fourth-order valence-electron chi connectivity index (χ4n) is 2.55. The van der Waals surface area contributed by atoms with Crippen LogP contribution in [-0.2, 0) is 0 Å². The van der Waals surface area contributed by atoms with Crippen LogP contribution in [0.1, 0.15) is 24.3 Å². The van der Waals surface area contributed by atoms with E-state index in [1.54, 1.807) is 0 Å². The lowest BCUT2D eigenvalue weighted by molar-refractivity contribution is 0.297. The summed E-state index contributed by atoms with van der Waals surface area (Å²) in [6, 6.07) is 6.42. The number of hydrogen-bond donors (Lipinski definition) is 1. The highest BCUT2D eigenvalue weighted by Crippen LogP contribution is 2.48. The molecule has 0 radical (unpaired) electrons. The Labute approximate surface area is 102 Å². The molecular formula is C14H19NO2. The zero-order valence-corrected chi connectivity index (χ0v) is 10.2. The van der Waals surface area contributed by atoms with Crippen LogP contribution in [0.4, 0.5) is 0 Å². The van der Waals surface area contributed by atoms with Gasteiger partial charge >= 0.3 is 0 Å². The first-order valence-corrected chi connectivity index (χ1v) is 6.42. The van der Waals surface area contributed by atoms with E-state index in [4.69, 9.17) is 9.47 Å². The average Bonchev–Trinajstić information content (AvgIpc) is 3.11. The van der Waals surface area contributed by atoms with Gasteiger partial charge in [-0.15, -0.1) is 0 Å². The lowest BCUT2D eigenvalue weighted by Gasteiger charge is -2.09. The summed E-state index contributed by atoms with van der Waals surface area (Å²) in [5.41, 5.74) is 1.40. The van der Waals surface area contributed by atoms with Crippen molar-refractivity contribution < 1.29 is 9.47 Å². The largest absolute Gasteiger partial charge is 0.490 e. The molecule has 0 aromatic heterocycles. The van der Waals surface area contributed by atoms with Crippen LogP contribution in [0.25, 0.3) is 0 Å². The van der Waals surface area contributed by atoms with Gasteiger partial charge in [0.05, 0.1) is 13.2 Å². The van der Waals surface area contributed by atoms with E-state index in [0.717, 1.165) is 43.6 Å². The average molecular weight is 233 g/mol. The van der Waals surface area contributed by atoms with Crippen molar-refractivity contribution in [2.75, 3.05) is 26.8 Å². The first-order valence-electron chi connectivity index (χ1n) is 6.42. The Balaban J connectivity index is 1.77. The minimum absolute atomic E-state index is 0.708. The maximum Gasteiger partial charge on any atom is 0.161 e. The van der Waals surface area contributed by atoms with E-state index in [9.17, 15) is 0 Å². The van der Waals surface area contributed by atoms with Gasteiger partial charge in [0.2, 0.25) is 0 Å². The van der Waals surface area contributed by atoms with E-state index in [-0.39, 0.29) is 0 Å². The van der Waals surface area contributed by atoms with Crippen LogP contribution in [0, 0.1) is 5.92 Å². The third-order valence-corrected chi connectivity index (χ3v) is 3.59. The first kappa shape index (κ1) is 10.9. The standard InChI is InChI=1S/C14H19NO2/c1-15-9-11-7-12(11)10-3-4-13-14(8-10)17-6-2-5-16-13/h3-4,8,11-12,15H,2,5-7,9H2,1H3. The molecule has 2 atom stereocenters. The zero-order valence-electron chi connectivity index (χ0n) is 10.2. The Morgan fingerprint density at radius 3 is 2.88 bits per heavy atom. The normalized spacial score (nSPS) is 26.4. The summed E-state index contributed by atoms with van der Waals surface area (Å²) in [6.45, 7) is 2.64. The highest BCUT2D eigenvalue weighted by molar-refractivity contribution is 5.45. The van der Waals surface area contributed by atoms with Crippen LogP contribution in [0.15, 0.2) is 18.2 Å². The fourth-order valence-corrected chi connectivity index (χ4v) is 2.55. The molecule has 2 unspecified atom stereocenters. The second-order valence-corrected chi connectivity index (χ2v) is 4.92. The molecule has 92 valence electrons. The van der Waals surface area contributed by atoms with E-state index >= 15 is 0 Å². The molecule has 1 aromatic rings. The maximum atomic E-state index is 5.72. The number of rotatable bonds is 3. The molecule has 3 heteroatoms. The molecule has 0 spiro atoms. The molecule has 17 heavy (non-hydrogen) atoms. The molecule has 1 aliphatic heterocycles. The molecule has 1 N–H and O–H groups in total. The van der Waals surface area contributed by atoms with Gasteiger partial charge in [-0.05, 0) is 49.5 Å². The van der Waals surface area contributed by atoms with Crippen LogP contribution in [0.3, 0.4) is 0 Å². The number of ether oxygens (including phenoxy) is 2. The molecule has 0 amide bonds. The van der Waals surface area contributed by atoms with Crippen molar-refractivity contribution in [3.8, 4) is 11.5 Å². The monoisotopic (exact) mass is 233 g/mol. The predicted octanol–water partition coefficient (Wildman–Crippen LogP) is 2.17. The molecule has 1 heterocycles. The maximum absolute atomic E-state index is 5.72. The molecule has 0 bridgehead atoms. The number of benzene rings is 1. The van der Waals surface area contributed by atoms with Gasteiger partial charge in [-0.1, -0.05) is 6.07 Å². The van der Waals surface area contributed by atoms with E-state index in [1.165, 1.54) is 12.0 Å². The lowest BCUT2D eigenvalue weighted by Crippen LogP contribution is -2.10. The van der Waals surface area contributed by atoms with Crippen LogP contribution in [0.2, 0.25) is 0 Å². The summed E-state index contributed by atoms with van der Waals surface area (Å²) in [5, 5.41) is 3.25. The molecule has 1 aromatic carbocycles. The van der Waals surface area contributed by atoms with Crippen molar-refractivity contribution in [1.29, 1.82) is 0 Å². The smallest absolute Gasteiger partial charge is 0.161 e. The highest BCUT2D eigenvalue weighted by Gasteiger charge is 2.37. The van der Waals surface area contributed by atoms with Crippen LogP contribution >= 0.6 is 0 Å². The summed E-state index contributed by atoms with van der Waals surface area (Å²) in [7, 11) is 2.02. The van der Waals surface area contributed by atoms with Crippen molar-refractivity contribution in [3.63, 3.8) is 0 Å². The van der Waals surface area contributed by atoms with Gasteiger partial charge < -0.3 is 14.8 Å². The highest BCUT2D eigenvalue weighted by atomic mass is 16.5. The van der Waals surface area contributed by atoms with Gasteiger partial charge in [-0.3, -0.25) is 0 Å². The van der Waals surface area contributed by atoms with Crippen LogP contribution in [0.5, 0.6) is 11.5 Å². The van der Waals surface area contributed by atoms with Crippen molar-refractivity contribution in [3.05, 3.63) is 23.8 Å². The van der Waals surface area contributed by atoms with Crippen molar-refractivity contribution in [2.24, 2.45) is 5.92 Å². The molecule has 2 aliphatic rings. The van der Waals surface area contributed by atoms with Gasteiger partial charge in [0, 0.05) is 6.42 Å². The number of hydrogen-bond acceptors (Lipinski definition) is 3. The quantitative estimate of drug-likeness (QED) is 0.868. The van der Waals surface area contributed by atoms with E-state index in [0.29, 0.717) is 5.92 Å². The topological polar surface area (TPSA) is 30.5 Å². The van der Waals surface area contributed by atoms with Crippen molar-refractivity contribution >= 4 is 0 Å². The summed E-state index contributed by atoms with van der Waals surface area (Å²) >= 11 is 0. The van der Waals surface area contributed by atoms with Gasteiger partial charge in [-0.25, -0.2) is 0 Å². The Hall–Kier alpha value is -1.22. The second-order valence-electron chi connectivity index (χ2n) is 4.92. The predicted molar refractivity (Wildman–Crippen MR) is 66.8 cm³/mol. The number of fused-ring (bicyclic) bond motifs is 1. The van der Waals surface area contributed by atoms with E-state index in [1.807, 2.05) is 7.05 Å². The van der Waals surface area contributed by atoms with Crippen molar-refractivity contribution in [1.82, 2.24) is 5.32 Å². The van der Waals surface area contributed by atoms with Gasteiger partial charge in [-0.2, -0.15) is 0 Å². The SMILES string of the molecule is CNCC1CC1c1ccc2c(c1)OCCCO2. The lowest BCUT2D eigenvalue weighted by atomic mass is 10.1. The van der Waals surface area contributed by atoms with E-state index in [2.05, 4.69) is 23.5 Å². The summed E-state index contributed by atoms with van der Waals surface area (Å²) < 4.78 is 11.4. The Morgan fingerprint density at radius 2 is 2.06 bits per heavy atom. The van der Waals surface area contributed by atoms with Gasteiger partial charge in [0.25, 0.3) is 0 Å². The minimum atomic E-state index is 0.708. The summed E-state index contributed by atoms with van der Waals surface area (Å²) in [5.74, 6) is 3.33. The van der Waals surface area contributed by atoms with E-state index < -0.39 is 0 Å². The Kier molecular flexibility index (Phi) is 2.93. The molecular weight excluding hydrogens is 214 g/mol. The first-order chi connectivity index (χ1) is 8.38. The zero-order chi connectivity index (χ0) is 11.7. The second kappa shape index (κ2) is 4.57. The Morgan fingerprint density at radius 1 is 1.24 bits per heavy atom.